The molecule has 4 rings (SSSR count). The van der Waals surface area contributed by atoms with Crippen LogP contribution < -0.4 is 0 Å². The zero-order valence-electron chi connectivity index (χ0n) is 15.1. The van der Waals surface area contributed by atoms with E-state index in [2.05, 4.69) is 30.4 Å². The number of carbonyl (C=O) groups is 1. The molecular weight excluding hydrogens is 344 g/mol. The second kappa shape index (κ2) is 7.02. The maximum Gasteiger partial charge on any atom is 0.187 e. The molecule has 0 amide bonds. The van der Waals surface area contributed by atoms with Gasteiger partial charge in [0, 0.05) is 31.3 Å². The van der Waals surface area contributed by atoms with Gasteiger partial charge in [-0.3, -0.25) is 14.5 Å². The summed E-state index contributed by atoms with van der Waals surface area (Å²) < 4.78 is 3.49. The number of hydrogen-bond acceptors (Lipinski definition) is 7. The second-order valence-corrected chi connectivity index (χ2v) is 6.26. The van der Waals surface area contributed by atoms with Crippen molar-refractivity contribution in [1.82, 2.24) is 39.7 Å². The van der Waals surface area contributed by atoms with Crippen molar-refractivity contribution >= 4 is 16.9 Å². The van der Waals surface area contributed by atoms with Gasteiger partial charge in [-0.05, 0) is 31.5 Å². The molecule has 0 unspecified atom stereocenters. The van der Waals surface area contributed by atoms with E-state index in [1.54, 1.807) is 24.0 Å². The van der Waals surface area contributed by atoms with Crippen LogP contribution in [-0.2, 0) is 24.2 Å². The summed E-state index contributed by atoms with van der Waals surface area (Å²) in [6.45, 7) is 4.41. The molecule has 27 heavy (non-hydrogen) atoms. The van der Waals surface area contributed by atoms with E-state index in [1.807, 2.05) is 36.1 Å². The summed E-state index contributed by atoms with van der Waals surface area (Å²) in [5.74, 6) is 0.744. The SMILES string of the molecule is CCn1cc(Cc2ncc3nnn(-c4ccc(CC(C)=O)nc4)c3n2)cn1. The topological polar surface area (TPSA) is 104 Å². The number of nitrogens with zero attached hydrogens (tertiary/aromatic N) is 8. The van der Waals surface area contributed by atoms with E-state index in [1.165, 1.54) is 0 Å². The van der Waals surface area contributed by atoms with Gasteiger partial charge in [-0.15, -0.1) is 5.10 Å². The van der Waals surface area contributed by atoms with Crippen LogP contribution in [0.15, 0.2) is 36.9 Å². The van der Waals surface area contributed by atoms with Gasteiger partial charge in [-0.25, -0.2) is 9.97 Å². The normalized spacial score (nSPS) is 11.2. The third-order valence-corrected chi connectivity index (χ3v) is 4.10. The summed E-state index contributed by atoms with van der Waals surface area (Å²) in [6, 6.07) is 3.66. The lowest BCUT2D eigenvalue weighted by Gasteiger charge is -2.03. The highest BCUT2D eigenvalue weighted by atomic mass is 16.1. The maximum atomic E-state index is 11.2. The third kappa shape index (κ3) is 3.57. The first-order chi connectivity index (χ1) is 13.1. The number of Topliss-reactive ketones (excluding diaryl/α,β-unsaturated/α-hetero) is 1. The molecule has 9 heteroatoms. The highest BCUT2D eigenvalue weighted by molar-refractivity contribution is 5.77. The average Bonchev–Trinajstić information content (AvgIpc) is 3.28. The van der Waals surface area contributed by atoms with Crippen LogP contribution >= 0.6 is 0 Å². The molecule has 0 radical (unpaired) electrons. The van der Waals surface area contributed by atoms with Crippen molar-refractivity contribution < 1.29 is 4.79 Å². The Balaban J connectivity index is 1.64. The van der Waals surface area contributed by atoms with E-state index in [-0.39, 0.29) is 5.78 Å². The lowest BCUT2D eigenvalue weighted by Crippen LogP contribution is -2.04. The Morgan fingerprint density at radius 3 is 2.74 bits per heavy atom. The van der Waals surface area contributed by atoms with Crippen molar-refractivity contribution in [2.24, 2.45) is 0 Å². The molecule has 0 aromatic carbocycles. The van der Waals surface area contributed by atoms with Crippen molar-refractivity contribution in [2.45, 2.75) is 33.2 Å². The quantitative estimate of drug-likeness (QED) is 0.512. The summed E-state index contributed by atoms with van der Waals surface area (Å²) in [5.41, 5.74) is 3.72. The van der Waals surface area contributed by atoms with Crippen LogP contribution in [0.5, 0.6) is 0 Å². The van der Waals surface area contributed by atoms with Crippen LogP contribution in [0.25, 0.3) is 16.9 Å². The number of fused-ring (bicyclic) bond motifs is 1. The Morgan fingerprint density at radius 1 is 1.15 bits per heavy atom. The summed E-state index contributed by atoms with van der Waals surface area (Å²) >= 11 is 0. The fourth-order valence-electron chi connectivity index (χ4n) is 2.78. The third-order valence-electron chi connectivity index (χ3n) is 4.10. The average molecular weight is 362 g/mol. The number of aryl methyl sites for hydroxylation is 1. The first-order valence-corrected chi connectivity index (χ1v) is 8.66. The molecule has 0 aliphatic carbocycles. The summed E-state index contributed by atoms with van der Waals surface area (Å²) in [4.78, 5) is 24.5. The highest BCUT2D eigenvalue weighted by Crippen LogP contribution is 2.15. The van der Waals surface area contributed by atoms with E-state index >= 15 is 0 Å². The van der Waals surface area contributed by atoms with E-state index in [9.17, 15) is 4.79 Å². The summed E-state index contributed by atoms with van der Waals surface area (Å²) in [5, 5.41) is 12.6. The van der Waals surface area contributed by atoms with Crippen LogP contribution in [0.4, 0.5) is 0 Å². The van der Waals surface area contributed by atoms with Crippen LogP contribution in [0, 0.1) is 0 Å². The highest BCUT2D eigenvalue weighted by Gasteiger charge is 2.12. The molecule has 0 spiro atoms. The molecular formula is C18H18N8O. The van der Waals surface area contributed by atoms with Gasteiger partial charge in [0.25, 0.3) is 0 Å². The van der Waals surface area contributed by atoms with Gasteiger partial charge in [0.15, 0.2) is 11.2 Å². The molecule has 0 saturated carbocycles. The van der Waals surface area contributed by atoms with E-state index in [0.717, 1.165) is 23.5 Å². The Hall–Kier alpha value is -3.49. The standard InChI is InChI=1S/C18H18N8O/c1-3-25-11-13(8-21-25)7-17-20-10-16-18(22-17)26(24-23-16)15-5-4-14(19-9-15)6-12(2)27/h4-5,8-11H,3,6-7H2,1-2H3. The van der Waals surface area contributed by atoms with Gasteiger partial charge >= 0.3 is 0 Å². The molecule has 0 aliphatic rings. The molecule has 9 nitrogen and oxygen atoms in total. The summed E-state index contributed by atoms with van der Waals surface area (Å²) in [7, 11) is 0. The molecule has 136 valence electrons. The minimum atomic E-state index is 0.0743. The summed E-state index contributed by atoms with van der Waals surface area (Å²) in [6.07, 6.45) is 8.04. The second-order valence-electron chi connectivity index (χ2n) is 6.26. The molecule has 4 aromatic rings. The first kappa shape index (κ1) is 17.0. The minimum absolute atomic E-state index is 0.0743. The zero-order chi connectivity index (χ0) is 18.8. The number of aromatic nitrogens is 8. The van der Waals surface area contributed by atoms with Gasteiger partial charge in [0.05, 0.1) is 24.3 Å². The predicted molar refractivity (Wildman–Crippen MR) is 97.3 cm³/mol. The van der Waals surface area contributed by atoms with Gasteiger partial charge < -0.3 is 0 Å². The monoisotopic (exact) mass is 362 g/mol. The zero-order valence-corrected chi connectivity index (χ0v) is 15.1. The largest absolute Gasteiger partial charge is 0.300 e. The molecule has 0 bridgehead atoms. The van der Waals surface area contributed by atoms with Crippen LogP contribution in [0.1, 0.15) is 30.9 Å². The van der Waals surface area contributed by atoms with E-state index < -0.39 is 0 Å². The molecule has 4 aromatic heterocycles. The van der Waals surface area contributed by atoms with Crippen molar-refractivity contribution in [3.63, 3.8) is 0 Å². The Bertz CT molecular complexity index is 1100. The van der Waals surface area contributed by atoms with Gasteiger partial charge in [0.2, 0.25) is 0 Å². The fourth-order valence-corrected chi connectivity index (χ4v) is 2.78. The van der Waals surface area contributed by atoms with Gasteiger partial charge in [0.1, 0.15) is 11.6 Å². The Kier molecular flexibility index (Phi) is 4.41. The number of pyridine rings is 1. The number of rotatable bonds is 6. The van der Waals surface area contributed by atoms with Gasteiger partial charge in [-0.2, -0.15) is 9.78 Å². The smallest absolute Gasteiger partial charge is 0.187 e. The Labute approximate surface area is 155 Å². The predicted octanol–water partition coefficient (Wildman–Crippen LogP) is 1.54. The lowest BCUT2D eigenvalue weighted by molar-refractivity contribution is -0.116. The Morgan fingerprint density at radius 2 is 2.04 bits per heavy atom. The molecule has 0 atom stereocenters. The van der Waals surface area contributed by atoms with Crippen molar-refractivity contribution in [1.29, 1.82) is 0 Å². The van der Waals surface area contributed by atoms with Crippen LogP contribution in [0.3, 0.4) is 0 Å². The fraction of sp³-hybridized carbons (Fsp3) is 0.278. The van der Waals surface area contributed by atoms with Crippen LogP contribution in [0.2, 0.25) is 0 Å². The van der Waals surface area contributed by atoms with Crippen molar-refractivity contribution in [2.75, 3.05) is 0 Å². The van der Waals surface area contributed by atoms with Gasteiger partial charge in [-0.1, -0.05) is 5.21 Å². The molecule has 0 fully saturated rings. The number of carbonyl (C=O) groups excluding carboxylic acids is 1. The number of hydrogen-bond donors (Lipinski definition) is 0. The van der Waals surface area contributed by atoms with E-state index in [4.69, 9.17) is 0 Å². The minimum Gasteiger partial charge on any atom is -0.300 e. The molecule has 0 N–H and O–H groups in total. The first-order valence-electron chi connectivity index (χ1n) is 8.66. The van der Waals surface area contributed by atoms with E-state index in [0.29, 0.717) is 29.8 Å². The molecule has 4 heterocycles. The maximum absolute atomic E-state index is 11.2. The lowest BCUT2D eigenvalue weighted by atomic mass is 10.2. The van der Waals surface area contributed by atoms with Crippen molar-refractivity contribution in [3.05, 3.63) is 54.0 Å². The molecule has 0 aliphatic heterocycles. The van der Waals surface area contributed by atoms with Crippen LogP contribution in [-0.4, -0.2) is 45.5 Å². The molecule has 0 saturated heterocycles. The number of ketones is 1. The van der Waals surface area contributed by atoms with Crippen molar-refractivity contribution in [3.8, 4) is 5.69 Å².